The summed E-state index contributed by atoms with van der Waals surface area (Å²) in [4.78, 5) is 0. The highest BCUT2D eigenvalue weighted by Crippen LogP contribution is 2.88. The molecule has 0 unspecified atom stereocenters. The summed E-state index contributed by atoms with van der Waals surface area (Å²) < 4.78 is 20.2. The molecule has 174 valence electrons. The number of rotatable bonds is 5. The smallest absolute Gasteiger partial charge is 0.164 e. The van der Waals surface area contributed by atoms with Crippen LogP contribution in [0.5, 0.6) is 0 Å². The summed E-state index contributed by atoms with van der Waals surface area (Å²) in [6.45, 7) is 13.0. The van der Waals surface area contributed by atoms with E-state index in [0.717, 1.165) is 32.1 Å². The van der Waals surface area contributed by atoms with Crippen LogP contribution in [0.4, 0.5) is 0 Å². The first-order chi connectivity index (χ1) is 14.5. The molecule has 2 N–H and O–H groups in total. The van der Waals surface area contributed by atoms with Gasteiger partial charge in [0.25, 0.3) is 0 Å². The summed E-state index contributed by atoms with van der Waals surface area (Å²) in [5.41, 5.74) is -1.46. The van der Waals surface area contributed by atoms with E-state index in [1.807, 2.05) is 13.8 Å². The van der Waals surface area contributed by atoms with Crippen molar-refractivity contribution in [2.75, 3.05) is 6.61 Å². The van der Waals surface area contributed by atoms with Crippen molar-refractivity contribution in [1.29, 1.82) is 0 Å². The second-order valence-electron chi connectivity index (χ2n) is 12.8. The lowest BCUT2D eigenvalue weighted by atomic mass is 9.21. The number of ether oxygens (including phenoxy) is 3. The number of hydrogen-bond acceptors (Lipinski definition) is 5. The fourth-order valence-electron chi connectivity index (χ4n) is 10.0. The van der Waals surface area contributed by atoms with E-state index in [-0.39, 0.29) is 24.2 Å². The van der Waals surface area contributed by atoms with Gasteiger partial charge in [-0.3, -0.25) is 0 Å². The molecule has 2 heterocycles. The maximum atomic E-state index is 12.4. The molecule has 2 aliphatic heterocycles. The highest BCUT2D eigenvalue weighted by Gasteiger charge is 2.97. The zero-order chi connectivity index (χ0) is 22.2. The van der Waals surface area contributed by atoms with Crippen LogP contribution in [0.3, 0.4) is 0 Å². The molecule has 0 aromatic heterocycles. The third-order valence-electron chi connectivity index (χ3n) is 9.82. The Kier molecular flexibility index (Phi) is 4.06. The van der Waals surface area contributed by atoms with Gasteiger partial charge in [-0.05, 0) is 68.8 Å². The second kappa shape index (κ2) is 5.96. The van der Waals surface area contributed by atoms with E-state index < -0.39 is 28.5 Å². The van der Waals surface area contributed by atoms with Crippen molar-refractivity contribution >= 4 is 0 Å². The molecule has 5 nitrogen and oxygen atoms in total. The predicted molar refractivity (Wildman–Crippen MR) is 116 cm³/mol. The first-order valence-corrected chi connectivity index (χ1v) is 12.6. The topological polar surface area (TPSA) is 68.2 Å². The van der Waals surface area contributed by atoms with Crippen LogP contribution in [0.2, 0.25) is 0 Å². The maximum absolute atomic E-state index is 12.4. The van der Waals surface area contributed by atoms with Crippen molar-refractivity contribution in [3.63, 3.8) is 0 Å². The van der Waals surface area contributed by atoms with Crippen molar-refractivity contribution in [3.8, 4) is 0 Å². The van der Waals surface area contributed by atoms with Crippen LogP contribution < -0.4 is 0 Å². The van der Waals surface area contributed by atoms with Gasteiger partial charge in [0.05, 0.1) is 18.3 Å². The summed E-state index contributed by atoms with van der Waals surface area (Å²) in [6, 6.07) is 0. The minimum Gasteiger partial charge on any atom is -0.392 e. The monoisotopic (exact) mass is 432 g/mol. The SMILES string of the molecule is CC(C)CC1(CC(C)C)O[C@H]2C=C(CO)[C@]3(O)[C@@H]4OC(C)(C)O[C@@]45CCC[C@@H]4[C@@H]1[C@@H]2[C@@]453. The molecule has 0 bridgehead atoms. The molecule has 5 heteroatoms. The highest BCUT2D eigenvalue weighted by atomic mass is 16.8. The Bertz CT molecular complexity index is 822. The molecule has 3 saturated carbocycles. The third kappa shape index (κ3) is 2.05. The molecule has 5 fully saturated rings. The highest BCUT2D eigenvalue weighted by molar-refractivity contribution is 5.53. The third-order valence-corrected chi connectivity index (χ3v) is 9.82. The van der Waals surface area contributed by atoms with Gasteiger partial charge in [0.1, 0.15) is 17.3 Å². The van der Waals surface area contributed by atoms with Crippen molar-refractivity contribution < 1.29 is 24.4 Å². The van der Waals surface area contributed by atoms with E-state index in [4.69, 9.17) is 14.2 Å². The molecule has 2 spiro atoms. The van der Waals surface area contributed by atoms with Crippen LogP contribution >= 0.6 is 0 Å². The summed E-state index contributed by atoms with van der Waals surface area (Å²) in [7, 11) is 0. The molecule has 2 saturated heterocycles. The Hall–Kier alpha value is -0.460. The first-order valence-electron chi connectivity index (χ1n) is 12.6. The average Bonchev–Trinajstić information content (AvgIpc) is 3.02. The van der Waals surface area contributed by atoms with Gasteiger partial charge in [-0.2, -0.15) is 0 Å². The van der Waals surface area contributed by atoms with Crippen LogP contribution in [0.25, 0.3) is 0 Å². The molecule has 0 aromatic carbocycles. The van der Waals surface area contributed by atoms with Crippen LogP contribution in [0.1, 0.15) is 73.6 Å². The van der Waals surface area contributed by atoms with Crippen molar-refractivity contribution in [1.82, 2.24) is 0 Å². The van der Waals surface area contributed by atoms with E-state index in [9.17, 15) is 10.2 Å². The van der Waals surface area contributed by atoms with Gasteiger partial charge < -0.3 is 24.4 Å². The normalized spacial score (nSPS) is 52.2. The van der Waals surface area contributed by atoms with E-state index in [1.165, 1.54) is 0 Å². The first kappa shape index (κ1) is 21.1. The van der Waals surface area contributed by atoms with Crippen LogP contribution in [0.15, 0.2) is 11.6 Å². The number of aliphatic hydroxyl groups is 2. The Morgan fingerprint density at radius 1 is 1.06 bits per heavy atom. The summed E-state index contributed by atoms with van der Waals surface area (Å²) in [6.07, 6.45) is 6.85. The van der Waals surface area contributed by atoms with E-state index in [2.05, 4.69) is 33.8 Å². The van der Waals surface area contributed by atoms with E-state index in [0.29, 0.717) is 29.2 Å². The summed E-state index contributed by atoms with van der Waals surface area (Å²) >= 11 is 0. The average molecular weight is 433 g/mol. The standard InChI is InChI=1S/C26H40O5/c1-14(2)11-23(12-15(3)4)19-17-8-7-9-24-21(30-22(5,6)31-24)26(28)16(13-27)10-18(29-23)20(19)25(17,24)26/h10,14-15,17-21,27-28H,7-9,11-13H2,1-6H3/t17-,18+,19-,20-,21-,24+,25+,26+/m1/s1. The fourth-order valence-corrected chi connectivity index (χ4v) is 10.0. The quantitative estimate of drug-likeness (QED) is 0.647. The second-order valence-corrected chi connectivity index (χ2v) is 12.8. The fraction of sp³-hybridized carbons (Fsp3) is 0.923. The lowest BCUT2D eigenvalue weighted by Crippen LogP contribution is -2.95. The lowest BCUT2D eigenvalue weighted by Gasteiger charge is -2.83. The van der Waals surface area contributed by atoms with Gasteiger partial charge in [0.2, 0.25) is 0 Å². The van der Waals surface area contributed by atoms with Gasteiger partial charge in [-0.15, -0.1) is 0 Å². The molecular formula is C26H40O5. The Morgan fingerprint density at radius 3 is 2.35 bits per heavy atom. The molecule has 0 radical (unpaired) electrons. The molecule has 31 heavy (non-hydrogen) atoms. The summed E-state index contributed by atoms with van der Waals surface area (Å²) in [5, 5.41) is 22.8. The summed E-state index contributed by atoms with van der Waals surface area (Å²) in [5.74, 6) is 1.41. The van der Waals surface area contributed by atoms with Crippen molar-refractivity contribution in [2.45, 2.75) is 108 Å². The van der Waals surface area contributed by atoms with Gasteiger partial charge in [0, 0.05) is 11.3 Å². The largest absolute Gasteiger partial charge is 0.392 e. The van der Waals surface area contributed by atoms with Crippen LogP contribution in [-0.4, -0.2) is 51.6 Å². The zero-order valence-corrected chi connectivity index (χ0v) is 20.0. The molecule has 8 atom stereocenters. The molecule has 0 aromatic rings. The Labute approximate surface area is 186 Å². The van der Waals surface area contributed by atoms with Gasteiger partial charge in [-0.25, -0.2) is 0 Å². The number of fused-ring (bicyclic) bond motifs is 2. The van der Waals surface area contributed by atoms with E-state index in [1.54, 1.807) is 0 Å². The van der Waals surface area contributed by atoms with Crippen LogP contribution in [0, 0.1) is 35.0 Å². The lowest BCUT2D eigenvalue weighted by molar-refractivity contribution is -0.421. The Morgan fingerprint density at radius 2 is 1.74 bits per heavy atom. The van der Waals surface area contributed by atoms with Gasteiger partial charge in [-0.1, -0.05) is 40.2 Å². The number of hydrogen-bond donors (Lipinski definition) is 2. The molecule has 6 rings (SSSR count). The Balaban J connectivity index is 1.53. The molecular weight excluding hydrogens is 392 g/mol. The minimum atomic E-state index is -1.15. The molecule has 0 amide bonds. The molecule has 4 aliphatic carbocycles. The van der Waals surface area contributed by atoms with Crippen molar-refractivity contribution in [3.05, 3.63) is 11.6 Å². The molecule has 6 aliphatic rings. The van der Waals surface area contributed by atoms with Crippen molar-refractivity contribution in [2.24, 2.45) is 35.0 Å². The van der Waals surface area contributed by atoms with Gasteiger partial charge >= 0.3 is 0 Å². The predicted octanol–water partition coefficient (Wildman–Crippen LogP) is 3.82. The minimum absolute atomic E-state index is 0.0515. The van der Waals surface area contributed by atoms with Crippen LogP contribution in [-0.2, 0) is 14.2 Å². The van der Waals surface area contributed by atoms with E-state index >= 15 is 0 Å². The maximum Gasteiger partial charge on any atom is 0.164 e. The number of aliphatic hydroxyl groups excluding tert-OH is 1. The van der Waals surface area contributed by atoms with Gasteiger partial charge in [0.15, 0.2) is 5.79 Å². The zero-order valence-electron chi connectivity index (χ0n) is 20.0.